The molecular weight excluding hydrogens is 234 g/mol. The molecule has 0 saturated heterocycles. The van der Waals surface area contributed by atoms with Crippen molar-refractivity contribution in [2.45, 2.75) is 45.4 Å². The van der Waals surface area contributed by atoms with Gasteiger partial charge >= 0.3 is 0 Å². The monoisotopic (exact) mass is 257 g/mol. The standard InChI is InChI=1S/C13H23NS2/c1-5-8-14-12(9-15-10(2)3)13-7-6-11(4)16-13/h6-7,10,12,14H,5,8-9H2,1-4H3. The van der Waals surface area contributed by atoms with Gasteiger partial charge < -0.3 is 5.32 Å². The number of thiophene rings is 1. The molecule has 0 amide bonds. The minimum atomic E-state index is 0.533. The Kier molecular flexibility index (Phi) is 6.47. The normalized spacial score (nSPS) is 13.3. The SMILES string of the molecule is CCCNC(CSC(C)C)c1ccc(C)s1. The molecule has 16 heavy (non-hydrogen) atoms. The van der Waals surface area contributed by atoms with E-state index in [0.29, 0.717) is 11.3 Å². The molecule has 1 unspecified atom stereocenters. The fourth-order valence-electron chi connectivity index (χ4n) is 1.49. The van der Waals surface area contributed by atoms with Crippen LogP contribution in [-0.2, 0) is 0 Å². The van der Waals surface area contributed by atoms with E-state index in [1.807, 2.05) is 23.1 Å². The number of thioether (sulfide) groups is 1. The predicted octanol–water partition coefficient (Wildman–Crippen LogP) is 4.24. The summed E-state index contributed by atoms with van der Waals surface area (Å²) in [4.78, 5) is 2.90. The summed E-state index contributed by atoms with van der Waals surface area (Å²) < 4.78 is 0. The molecule has 0 aliphatic heterocycles. The van der Waals surface area contributed by atoms with Crippen LogP contribution in [0.4, 0.5) is 0 Å². The van der Waals surface area contributed by atoms with Crippen LogP contribution in [0.5, 0.6) is 0 Å². The second-order valence-electron chi connectivity index (χ2n) is 4.34. The van der Waals surface area contributed by atoms with Gasteiger partial charge in [0.25, 0.3) is 0 Å². The van der Waals surface area contributed by atoms with E-state index in [4.69, 9.17) is 0 Å². The van der Waals surface area contributed by atoms with Crippen molar-refractivity contribution in [1.29, 1.82) is 0 Å². The summed E-state index contributed by atoms with van der Waals surface area (Å²) in [6, 6.07) is 5.03. The molecule has 92 valence electrons. The summed E-state index contributed by atoms with van der Waals surface area (Å²) in [7, 11) is 0. The Bertz CT molecular complexity index is 294. The lowest BCUT2D eigenvalue weighted by Crippen LogP contribution is -2.23. The van der Waals surface area contributed by atoms with Crippen LogP contribution >= 0.6 is 23.1 Å². The van der Waals surface area contributed by atoms with E-state index >= 15 is 0 Å². The third-order valence-corrected chi connectivity index (χ3v) is 4.65. The molecule has 0 aliphatic rings. The fourth-order valence-corrected chi connectivity index (χ4v) is 3.42. The van der Waals surface area contributed by atoms with Gasteiger partial charge in [0.2, 0.25) is 0 Å². The second kappa shape index (κ2) is 7.36. The van der Waals surface area contributed by atoms with Gasteiger partial charge in [0.1, 0.15) is 0 Å². The molecule has 0 radical (unpaired) electrons. The number of nitrogens with one attached hydrogen (secondary N) is 1. The highest BCUT2D eigenvalue weighted by Crippen LogP contribution is 2.27. The van der Waals surface area contributed by atoms with Gasteiger partial charge in [0.15, 0.2) is 0 Å². The van der Waals surface area contributed by atoms with Gasteiger partial charge in [-0.1, -0.05) is 20.8 Å². The molecule has 1 aromatic heterocycles. The highest BCUT2D eigenvalue weighted by molar-refractivity contribution is 7.99. The summed E-state index contributed by atoms with van der Waals surface area (Å²) in [5.74, 6) is 1.18. The van der Waals surface area contributed by atoms with Crippen molar-refractivity contribution in [3.05, 3.63) is 21.9 Å². The molecule has 1 N–H and O–H groups in total. The molecule has 0 aliphatic carbocycles. The molecule has 0 fully saturated rings. The van der Waals surface area contributed by atoms with Crippen molar-refractivity contribution in [3.63, 3.8) is 0 Å². The largest absolute Gasteiger partial charge is 0.309 e. The van der Waals surface area contributed by atoms with Gasteiger partial charge in [0, 0.05) is 15.5 Å². The first kappa shape index (κ1) is 14.1. The molecule has 0 bridgehead atoms. The zero-order chi connectivity index (χ0) is 12.0. The topological polar surface area (TPSA) is 12.0 Å². The van der Waals surface area contributed by atoms with Crippen molar-refractivity contribution in [3.8, 4) is 0 Å². The number of hydrogen-bond acceptors (Lipinski definition) is 3. The van der Waals surface area contributed by atoms with E-state index in [9.17, 15) is 0 Å². The van der Waals surface area contributed by atoms with E-state index in [1.165, 1.54) is 21.9 Å². The Morgan fingerprint density at radius 1 is 1.38 bits per heavy atom. The van der Waals surface area contributed by atoms with Crippen molar-refractivity contribution in [2.75, 3.05) is 12.3 Å². The predicted molar refractivity (Wildman–Crippen MR) is 77.7 cm³/mol. The van der Waals surface area contributed by atoms with Crippen LogP contribution < -0.4 is 5.32 Å². The van der Waals surface area contributed by atoms with Crippen LogP contribution in [0.1, 0.15) is 43.0 Å². The second-order valence-corrected chi connectivity index (χ2v) is 7.27. The van der Waals surface area contributed by atoms with Gasteiger partial charge in [0.05, 0.1) is 6.04 Å². The van der Waals surface area contributed by atoms with Crippen LogP contribution in [0.3, 0.4) is 0 Å². The third-order valence-electron chi connectivity index (χ3n) is 2.34. The van der Waals surface area contributed by atoms with Crippen molar-refractivity contribution in [1.82, 2.24) is 5.32 Å². The molecule has 0 spiro atoms. The smallest absolute Gasteiger partial charge is 0.0506 e. The summed E-state index contributed by atoms with van der Waals surface area (Å²) in [5, 5.41) is 4.36. The maximum atomic E-state index is 3.64. The minimum absolute atomic E-state index is 0.533. The van der Waals surface area contributed by atoms with Gasteiger partial charge in [-0.25, -0.2) is 0 Å². The first-order valence-electron chi connectivity index (χ1n) is 6.04. The minimum Gasteiger partial charge on any atom is -0.309 e. The Hall–Kier alpha value is 0.01000. The first-order valence-corrected chi connectivity index (χ1v) is 7.91. The Morgan fingerprint density at radius 2 is 2.12 bits per heavy atom. The molecule has 3 heteroatoms. The average molecular weight is 257 g/mol. The summed E-state index contributed by atoms with van der Waals surface area (Å²) in [6.45, 7) is 10.0. The van der Waals surface area contributed by atoms with Crippen LogP contribution in [0.15, 0.2) is 12.1 Å². The van der Waals surface area contributed by atoms with Crippen LogP contribution in [0.25, 0.3) is 0 Å². The highest BCUT2D eigenvalue weighted by Gasteiger charge is 2.13. The molecule has 1 rings (SSSR count). The van der Waals surface area contributed by atoms with Gasteiger partial charge in [-0.15, -0.1) is 11.3 Å². The van der Waals surface area contributed by atoms with E-state index < -0.39 is 0 Å². The third kappa shape index (κ3) is 4.89. The lowest BCUT2D eigenvalue weighted by Gasteiger charge is -2.18. The number of aryl methyl sites for hydroxylation is 1. The van der Waals surface area contributed by atoms with Crippen LogP contribution in [0, 0.1) is 6.92 Å². The van der Waals surface area contributed by atoms with Gasteiger partial charge in [-0.2, -0.15) is 11.8 Å². The van der Waals surface area contributed by atoms with Crippen molar-refractivity contribution in [2.24, 2.45) is 0 Å². The maximum absolute atomic E-state index is 3.64. The van der Waals surface area contributed by atoms with Gasteiger partial charge in [-0.3, -0.25) is 0 Å². The molecule has 1 heterocycles. The summed E-state index contributed by atoms with van der Waals surface area (Å²) in [5.41, 5.74) is 0. The highest BCUT2D eigenvalue weighted by atomic mass is 32.2. The van der Waals surface area contributed by atoms with E-state index in [-0.39, 0.29) is 0 Å². The molecule has 0 aromatic carbocycles. The van der Waals surface area contributed by atoms with Crippen LogP contribution in [0.2, 0.25) is 0 Å². The molecular formula is C13H23NS2. The molecule has 1 atom stereocenters. The zero-order valence-electron chi connectivity index (χ0n) is 10.7. The van der Waals surface area contributed by atoms with Gasteiger partial charge in [-0.05, 0) is 37.3 Å². The van der Waals surface area contributed by atoms with E-state index in [0.717, 1.165) is 6.54 Å². The van der Waals surface area contributed by atoms with E-state index in [2.05, 4.69) is 45.1 Å². The first-order chi connectivity index (χ1) is 7.63. The summed E-state index contributed by atoms with van der Waals surface area (Å²) >= 11 is 3.96. The summed E-state index contributed by atoms with van der Waals surface area (Å²) in [6.07, 6.45) is 1.20. The quantitative estimate of drug-likeness (QED) is 0.784. The van der Waals surface area contributed by atoms with Crippen molar-refractivity contribution < 1.29 is 0 Å². The lowest BCUT2D eigenvalue weighted by molar-refractivity contribution is 0.584. The number of rotatable bonds is 7. The Morgan fingerprint density at radius 3 is 2.62 bits per heavy atom. The Labute approximate surface area is 108 Å². The average Bonchev–Trinajstić information content (AvgIpc) is 2.64. The fraction of sp³-hybridized carbons (Fsp3) is 0.692. The van der Waals surface area contributed by atoms with Crippen LogP contribution in [-0.4, -0.2) is 17.5 Å². The lowest BCUT2D eigenvalue weighted by atomic mass is 10.2. The Balaban J connectivity index is 2.55. The molecule has 1 aromatic rings. The number of hydrogen-bond donors (Lipinski definition) is 1. The maximum Gasteiger partial charge on any atom is 0.0506 e. The zero-order valence-corrected chi connectivity index (χ0v) is 12.4. The van der Waals surface area contributed by atoms with Crippen molar-refractivity contribution >= 4 is 23.1 Å². The molecule has 1 nitrogen and oxygen atoms in total. The molecule has 0 saturated carbocycles. The van der Waals surface area contributed by atoms with E-state index in [1.54, 1.807) is 0 Å².